The molecule has 5 rings (SSSR count). The summed E-state index contributed by atoms with van der Waals surface area (Å²) in [4.78, 5) is 23.8. The van der Waals surface area contributed by atoms with Crippen LogP contribution in [-0.2, 0) is 17.6 Å². The van der Waals surface area contributed by atoms with Gasteiger partial charge in [-0.3, -0.25) is 14.7 Å². The third-order valence-corrected chi connectivity index (χ3v) is 5.80. The number of carbonyl (C=O) groups excluding carboxylic acids is 2. The summed E-state index contributed by atoms with van der Waals surface area (Å²) in [5.41, 5.74) is 7.86. The molecule has 0 atom stereocenters. The third-order valence-electron chi connectivity index (χ3n) is 5.80. The molecule has 8 heteroatoms. The number of ether oxygens (including phenoxy) is 2. The number of hydrazone groups is 1. The average molecular weight is 454 g/mol. The van der Waals surface area contributed by atoms with Crippen molar-refractivity contribution in [2.75, 3.05) is 7.11 Å². The highest BCUT2D eigenvalue weighted by Gasteiger charge is 2.18. The molecule has 3 aromatic carbocycles. The first-order chi connectivity index (χ1) is 16.5. The maximum atomic E-state index is 12.6. The van der Waals surface area contributed by atoms with E-state index in [4.69, 9.17) is 9.47 Å². The summed E-state index contributed by atoms with van der Waals surface area (Å²) in [6.45, 7) is 1.32. The molecule has 0 spiro atoms. The Labute approximate surface area is 195 Å². The zero-order valence-electron chi connectivity index (χ0n) is 18.7. The molecule has 0 aliphatic heterocycles. The monoisotopic (exact) mass is 454 g/mol. The molecule has 1 aliphatic carbocycles. The quantitative estimate of drug-likeness (QED) is 0.198. The molecule has 0 fully saturated rings. The topological polar surface area (TPSA) is 106 Å². The molecule has 0 bridgehead atoms. The van der Waals surface area contributed by atoms with E-state index in [2.05, 4.69) is 51.1 Å². The number of H-pyrrole nitrogens is 1. The first kappa shape index (κ1) is 21.4. The highest BCUT2D eigenvalue weighted by Crippen LogP contribution is 2.36. The van der Waals surface area contributed by atoms with E-state index < -0.39 is 11.9 Å². The summed E-state index contributed by atoms with van der Waals surface area (Å²) < 4.78 is 10.3. The zero-order chi connectivity index (χ0) is 23.7. The Balaban J connectivity index is 1.32. The Bertz CT molecular complexity index is 1440. The Hall–Kier alpha value is -4.46. The van der Waals surface area contributed by atoms with Crippen LogP contribution in [0, 0.1) is 0 Å². The minimum Gasteiger partial charge on any atom is -0.493 e. The first-order valence-electron chi connectivity index (χ1n) is 10.8. The van der Waals surface area contributed by atoms with Gasteiger partial charge in [-0.2, -0.15) is 10.2 Å². The normalized spacial score (nSPS) is 12.3. The van der Waals surface area contributed by atoms with E-state index in [-0.39, 0.29) is 0 Å². The van der Waals surface area contributed by atoms with Gasteiger partial charge in [0.25, 0.3) is 5.91 Å². The highest BCUT2D eigenvalue weighted by atomic mass is 16.6. The molecule has 1 amide bonds. The first-order valence-corrected chi connectivity index (χ1v) is 10.8. The fourth-order valence-corrected chi connectivity index (χ4v) is 4.28. The van der Waals surface area contributed by atoms with Gasteiger partial charge in [-0.1, -0.05) is 30.3 Å². The van der Waals surface area contributed by atoms with Gasteiger partial charge >= 0.3 is 5.97 Å². The number of esters is 1. The second-order valence-electron chi connectivity index (χ2n) is 7.98. The van der Waals surface area contributed by atoms with Crippen LogP contribution in [0.1, 0.15) is 34.1 Å². The lowest BCUT2D eigenvalue weighted by Crippen LogP contribution is -2.18. The summed E-state index contributed by atoms with van der Waals surface area (Å²) in [5.74, 6) is -0.161. The van der Waals surface area contributed by atoms with Gasteiger partial charge in [0.15, 0.2) is 11.5 Å². The van der Waals surface area contributed by atoms with Crippen LogP contribution in [-0.4, -0.2) is 35.4 Å². The SMILES string of the molecule is COc1cc(/C=N\NC(=O)c2cc(-c3ccc4c5c(cccc35)CC4)n[nH]2)ccc1OC(C)=O. The number of hydrogen-bond donors (Lipinski definition) is 2. The van der Waals surface area contributed by atoms with Crippen LogP contribution in [0.15, 0.2) is 59.7 Å². The van der Waals surface area contributed by atoms with Crippen molar-refractivity contribution in [3.8, 4) is 22.8 Å². The van der Waals surface area contributed by atoms with Crippen molar-refractivity contribution in [3.63, 3.8) is 0 Å². The molecule has 4 aromatic rings. The van der Waals surface area contributed by atoms with Crippen LogP contribution < -0.4 is 14.9 Å². The molecule has 1 aromatic heterocycles. The van der Waals surface area contributed by atoms with Gasteiger partial charge in [-0.05, 0) is 64.6 Å². The minimum absolute atomic E-state index is 0.304. The van der Waals surface area contributed by atoms with Gasteiger partial charge in [0.05, 0.1) is 19.0 Å². The molecule has 8 nitrogen and oxygen atoms in total. The van der Waals surface area contributed by atoms with E-state index in [1.165, 1.54) is 36.8 Å². The number of aromatic amines is 1. The average Bonchev–Trinajstić information content (AvgIpc) is 3.49. The van der Waals surface area contributed by atoms with Crippen molar-refractivity contribution >= 4 is 28.9 Å². The fraction of sp³-hybridized carbons (Fsp3) is 0.154. The maximum Gasteiger partial charge on any atom is 0.308 e. The van der Waals surface area contributed by atoms with Gasteiger partial charge < -0.3 is 9.47 Å². The number of rotatable bonds is 6. The highest BCUT2D eigenvalue weighted by molar-refractivity contribution is 6.02. The third kappa shape index (κ3) is 4.01. The predicted octanol–water partition coefficient (Wildman–Crippen LogP) is 4.03. The van der Waals surface area contributed by atoms with Crippen LogP contribution in [0.2, 0.25) is 0 Å². The standard InChI is InChI=1S/C26H22N4O4/c1-15(31)34-23-11-6-16(12-24(23)33-2)14-27-30-26(32)22-13-21(28-29-22)19-10-9-18-8-7-17-4-3-5-20(19)25(17)18/h3-6,9-14H,7-8H2,1-2H3,(H,28,29)(H,30,32)/b27-14-. The summed E-state index contributed by atoms with van der Waals surface area (Å²) >= 11 is 0. The van der Waals surface area contributed by atoms with E-state index >= 15 is 0 Å². The molecule has 2 N–H and O–H groups in total. The van der Waals surface area contributed by atoms with Crippen LogP contribution >= 0.6 is 0 Å². The number of methoxy groups -OCH3 is 1. The second kappa shape index (κ2) is 8.82. The van der Waals surface area contributed by atoms with Crippen LogP contribution in [0.5, 0.6) is 11.5 Å². The van der Waals surface area contributed by atoms with Crippen LogP contribution in [0.3, 0.4) is 0 Å². The Kier molecular flexibility index (Phi) is 5.55. The number of nitrogens with zero attached hydrogens (tertiary/aromatic N) is 2. The van der Waals surface area contributed by atoms with Crippen molar-refractivity contribution in [1.82, 2.24) is 15.6 Å². The second-order valence-corrected chi connectivity index (χ2v) is 7.98. The lowest BCUT2D eigenvalue weighted by atomic mass is 9.98. The zero-order valence-corrected chi connectivity index (χ0v) is 18.7. The number of nitrogens with one attached hydrogen (secondary N) is 2. The molecule has 0 saturated carbocycles. The molecule has 0 unspecified atom stereocenters. The van der Waals surface area contributed by atoms with Crippen molar-refractivity contribution < 1.29 is 19.1 Å². The Morgan fingerprint density at radius 2 is 1.88 bits per heavy atom. The molecular weight excluding hydrogens is 432 g/mol. The lowest BCUT2D eigenvalue weighted by molar-refractivity contribution is -0.132. The Morgan fingerprint density at radius 1 is 1.06 bits per heavy atom. The summed E-state index contributed by atoms with van der Waals surface area (Å²) in [6.07, 6.45) is 3.58. The lowest BCUT2D eigenvalue weighted by Gasteiger charge is -2.08. The van der Waals surface area contributed by atoms with E-state index in [1.54, 1.807) is 24.3 Å². The minimum atomic E-state index is -0.442. The molecule has 0 saturated heterocycles. The summed E-state index contributed by atoms with van der Waals surface area (Å²) in [6, 6.07) is 17.2. The molecule has 170 valence electrons. The molecule has 0 radical (unpaired) electrons. The smallest absolute Gasteiger partial charge is 0.308 e. The van der Waals surface area contributed by atoms with Crippen LogP contribution in [0.25, 0.3) is 22.0 Å². The number of aromatic nitrogens is 2. The summed E-state index contributed by atoms with van der Waals surface area (Å²) in [5, 5.41) is 13.6. The number of amides is 1. The van der Waals surface area contributed by atoms with Gasteiger partial charge in [0.1, 0.15) is 5.69 Å². The van der Waals surface area contributed by atoms with Crippen molar-refractivity contribution in [1.29, 1.82) is 0 Å². The van der Waals surface area contributed by atoms with Gasteiger partial charge in [-0.15, -0.1) is 0 Å². The fourth-order valence-electron chi connectivity index (χ4n) is 4.28. The molecule has 1 aliphatic rings. The predicted molar refractivity (Wildman–Crippen MR) is 128 cm³/mol. The number of benzene rings is 3. The van der Waals surface area contributed by atoms with Gasteiger partial charge in [-0.25, -0.2) is 5.43 Å². The van der Waals surface area contributed by atoms with Crippen molar-refractivity contribution in [2.24, 2.45) is 5.10 Å². The van der Waals surface area contributed by atoms with Crippen molar-refractivity contribution in [3.05, 3.63) is 77.0 Å². The van der Waals surface area contributed by atoms with Gasteiger partial charge in [0, 0.05) is 12.5 Å². The van der Waals surface area contributed by atoms with E-state index in [0.717, 1.165) is 23.8 Å². The largest absolute Gasteiger partial charge is 0.493 e. The number of aryl methyl sites for hydroxylation is 2. The number of carbonyl (C=O) groups is 2. The van der Waals surface area contributed by atoms with E-state index in [9.17, 15) is 9.59 Å². The van der Waals surface area contributed by atoms with Crippen LogP contribution in [0.4, 0.5) is 0 Å². The van der Waals surface area contributed by atoms with E-state index in [1.807, 2.05) is 0 Å². The molecule has 1 heterocycles. The van der Waals surface area contributed by atoms with Crippen molar-refractivity contribution in [2.45, 2.75) is 19.8 Å². The molecular formula is C26H22N4O4. The maximum absolute atomic E-state index is 12.6. The van der Waals surface area contributed by atoms with E-state index in [0.29, 0.717) is 28.5 Å². The Morgan fingerprint density at radius 3 is 2.68 bits per heavy atom. The number of hydrogen-bond acceptors (Lipinski definition) is 6. The molecule has 34 heavy (non-hydrogen) atoms. The van der Waals surface area contributed by atoms with Gasteiger partial charge in [0.2, 0.25) is 0 Å². The summed E-state index contributed by atoms with van der Waals surface area (Å²) in [7, 11) is 1.48.